The van der Waals surface area contributed by atoms with Crippen molar-refractivity contribution in [3.63, 3.8) is 0 Å². The molecule has 4 rings (SSSR count). The van der Waals surface area contributed by atoms with Crippen LogP contribution in [-0.4, -0.2) is 17.0 Å². The van der Waals surface area contributed by atoms with Gasteiger partial charge in [0.1, 0.15) is 10.8 Å². The molecule has 5 heteroatoms. The molecule has 3 aromatic carbocycles. The van der Waals surface area contributed by atoms with Gasteiger partial charge in [-0.25, -0.2) is 4.98 Å². The van der Waals surface area contributed by atoms with Gasteiger partial charge in [0, 0.05) is 11.3 Å². The highest BCUT2D eigenvalue weighted by atomic mass is 32.1. The van der Waals surface area contributed by atoms with Gasteiger partial charge in [-0.3, -0.25) is 4.79 Å². The molecule has 29 heavy (non-hydrogen) atoms. The lowest BCUT2D eigenvalue weighted by Crippen LogP contribution is -2.30. The Balaban J connectivity index is 1.44. The van der Waals surface area contributed by atoms with E-state index in [1.807, 2.05) is 55.5 Å². The summed E-state index contributed by atoms with van der Waals surface area (Å²) in [7, 11) is 0. The average molecular weight is 403 g/mol. The Labute approximate surface area is 174 Å². The van der Waals surface area contributed by atoms with Crippen molar-refractivity contribution in [3.8, 4) is 16.3 Å². The molecular weight excluding hydrogens is 380 g/mol. The first-order chi connectivity index (χ1) is 14.0. The third-order valence-corrected chi connectivity index (χ3v) is 5.78. The number of carbonyl (C=O) groups is 1. The molecule has 1 aromatic heterocycles. The van der Waals surface area contributed by atoms with Crippen LogP contribution in [0.1, 0.15) is 18.1 Å². The number of nitrogens with one attached hydrogen (secondary N) is 1. The van der Waals surface area contributed by atoms with Gasteiger partial charge in [-0.2, -0.15) is 0 Å². The fraction of sp³-hybridized carbons (Fsp3) is 0.167. The lowest BCUT2D eigenvalue weighted by atomic mass is 10.2. The molecule has 0 aliphatic rings. The standard InChI is InChI=1S/C24H22N2O2S/c1-15-8-13-20-22(14-15)29-24(26-20)18-9-11-19(12-10-18)25-23(27)17(3)28-21-7-5-4-6-16(21)2/h4-14,17H,1-3H3,(H,25,27). The summed E-state index contributed by atoms with van der Waals surface area (Å²) < 4.78 is 6.98. The van der Waals surface area contributed by atoms with Crippen molar-refractivity contribution in [2.75, 3.05) is 5.32 Å². The summed E-state index contributed by atoms with van der Waals surface area (Å²) in [5.41, 5.74) is 5.01. The molecule has 4 nitrogen and oxygen atoms in total. The molecule has 1 amide bonds. The summed E-state index contributed by atoms with van der Waals surface area (Å²) >= 11 is 1.67. The van der Waals surface area contributed by atoms with E-state index in [0.717, 1.165) is 33.1 Å². The Morgan fingerprint density at radius 1 is 1.03 bits per heavy atom. The Morgan fingerprint density at radius 3 is 2.55 bits per heavy atom. The fourth-order valence-corrected chi connectivity index (χ4v) is 4.10. The summed E-state index contributed by atoms with van der Waals surface area (Å²) in [6.07, 6.45) is -0.594. The van der Waals surface area contributed by atoms with Crippen LogP contribution in [0.2, 0.25) is 0 Å². The second-order valence-electron chi connectivity index (χ2n) is 7.08. The van der Waals surface area contributed by atoms with Gasteiger partial charge in [-0.05, 0) is 74.4 Å². The van der Waals surface area contributed by atoms with E-state index in [1.54, 1.807) is 18.3 Å². The van der Waals surface area contributed by atoms with E-state index < -0.39 is 6.10 Å². The first-order valence-corrected chi connectivity index (χ1v) is 10.3. The third kappa shape index (κ3) is 4.30. The predicted octanol–water partition coefficient (Wildman–Crippen LogP) is 5.99. The maximum Gasteiger partial charge on any atom is 0.265 e. The number of aromatic nitrogens is 1. The molecule has 0 aliphatic carbocycles. The number of ether oxygens (including phenoxy) is 1. The smallest absolute Gasteiger partial charge is 0.265 e. The van der Waals surface area contributed by atoms with Crippen LogP contribution < -0.4 is 10.1 Å². The summed E-state index contributed by atoms with van der Waals surface area (Å²) in [5.74, 6) is 0.535. The van der Waals surface area contributed by atoms with Gasteiger partial charge in [0.25, 0.3) is 5.91 Å². The quantitative estimate of drug-likeness (QED) is 0.446. The van der Waals surface area contributed by atoms with Crippen LogP contribution >= 0.6 is 11.3 Å². The van der Waals surface area contributed by atoms with E-state index in [2.05, 4.69) is 30.4 Å². The molecule has 146 valence electrons. The Bertz CT molecular complexity index is 1170. The predicted molar refractivity (Wildman–Crippen MR) is 120 cm³/mol. The van der Waals surface area contributed by atoms with Crippen LogP contribution in [0.25, 0.3) is 20.8 Å². The number of benzene rings is 3. The zero-order chi connectivity index (χ0) is 20.4. The number of hydrogen-bond donors (Lipinski definition) is 1. The topological polar surface area (TPSA) is 51.2 Å². The molecule has 1 heterocycles. The summed E-state index contributed by atoms with van der Waals surface area (Å²) in [6.45, 7) is 5.79. The van der Waals surface area contributed by atoms with Gasteiger partial charge in [-0.15, -0.1) is 11.3 Å². The van der Waals surface area contributed by atoms with Gasteiger partial charge >= 0.3 is 0 Å². The number of hydrogen-bond acceptors (Lipinski definition) is 4. The monoisotopic (exact) mass is 402 g/mol. The minimum Gasteiger partial charge on any atom is -0.481 e. The van der Waals surface area contributed by atoms with Crippen LogP contribution in [0.15, 0.2) is 66.7 Å². The first kappa shape index (κ1) is 19.2. The van der Waals surface area contributed by atoms with E-state index in [0.29, 0.717) is 0 Å². The van der Waals surface area contributed by atoms with Crippen LogP contribution in [0.5, 0.6) is 5.75 Å². The fourth-order valence-electron chi connectivity index (χ4n) is 3.03. The number of nitrogens with zero attached hydrogens (tertiary/aromatic N) is 1. The van der Waals surface area contributed by atoms with E-state index >= 15 is 0 Å². The number of fused-ring (bicyclic) bond motifs is 1. The van der Waals surface area contributed by atoms with Crippen LogP contribution in [0, 0.1) is 13.8 Å². The summed E-state index contributed by atoms with van der Waals surface area (Å²) in [6, 6.07) is 21.7. The van der Waals surface area contributed by atoms with Gasteiger partial charge in [0.2, 0.25) is 0 Å². The number of anilines is 1. The van der Waals surface area contributed by atoms with E-state index in [1.165, 1.54) is 10.3 Å². The lowest BCUT2D eigenvalue weighted by Gasteiger charge is -2.16. The van der Waals surface area contributed by atoms with Gasteiger partial charge in [-0.1, -0.05) is 24.3 Å². The Kier molecular flexibility index (Phi) is 5.32. The third-order valence-electron chi connectivity index (χ3n) is 4.71. The maximum absolute atomic E-state index is 12.5. The average Bonchev–Trinajstić information content (AvgIpc) is 3.13. The van der Waals surface area contributed by atoms with Gasteiger partial charge in [0.15, 0.2) is 6.10 Å². The van der Waals surface area contributed by atoms with Crippen LogP contribution in [-0.2, 0) is 4.79 Å². The molecule has 4 aromatic rings. The number of thiazole rings is 1. The summed E-state index contributed by atoms with van der Waals surface area (Å²) in [5, 5.41) is 3.89. The number of para-hydroxylation sites is 1. The minimum atomic E-state index is -0.594. The molecule has 0 saturated heterocycles. The molecule has 0 radical (unpaired) electrons. The number of rotatable bonds is 5. The molecule has 1 atom stereocenters. The second kappa shape index (κ2) is 8.05. The molecule has 0 spiro atoms. The molecule has 0 saturated carbocycles. The molecule has 0 bridgehead atoms. The lowest BCUT2D eigenvalue weighted by molar-refractivity contribution is -0.122. The number of carbonyl (C=O) groups excluding carboxylic acids is 1. The molecule has 1 unspecified atom stereocenters. The molecule has 0 fully saturated rings. The van der Waals surface area contributed by atoms with E-state index in [9.17, 15) is 4.79 Å². The Hall–Kier alpha value is -3.18. The highest BCUT2D eigenvalue weighted by molar-refractivity contribution is 7.21. The van der Waals surface area contributed by atoms with Crippen LogP contribution in [0.3, 0.4) is 0 Å². The van der Waals surface area contributed by atoms with Crippen molar-refractivity contribution < 1.29 is 9.53 Å². The molecule has 1 N–H and O–H groups in total. The highest BCUT2D eigenvalue weighted by Crippen LogP contribution is 2.31. The van der Waals surface area contributed by atoms with Crippen molar-refractivity contribution in [1.82, 2.24) is 4.98 Å². The number of amides is 1. The zero-order valence-electron chi connectivity index (χ0n) is 16.6. The van der Waals surface area contributed by atoms with Crippen molar-refractivity contribution in [2.24, 2.45) is 0 Å². The highest BCUT2D eigenvalue weighted by Gasteiger charge is 2.16. The minimum absolute atomic E-state index is 0.184. The van der Waals surface area contributed by atoms with Crippen LogP contribution in [0.4, 0.5) is 5.69 Å². The van der Waals surface area contributed by atoms with Gasteiger partial charge in [0.05, 0.1) is 10.2 Å². The number of aryl methyl sites for hydroxylation is 2. The first-order valence-electron chi connectivity index (χ1n) is 9.50. The van der Waals surface area contributed by atoms with Crippen molar-refractivity contribution >= 4 is 33.1 Å². The summed E-state index contributed by atoms with van der Waals surface area (Å²) in [4.78, 5) is 17.2. The largest absolute Gasteiger partial charge is 0.481 e. The van der Waals surface area contributed by atoms with Crippen molar-refractivity contribution in [3.05, 3.63) is 77.9 Å². The van der Waals surface area contributed by atoms with Crippen molar-refractivity contribution in [1.29, 1.82) is 0 Å². The van der Waals surface area contributed by atoms with Crippen molar-refractivity contribution in [2.45, 2.75) is 26.9 Å². The molecule has 0 aliphatic heterocycles. The molecular formula is C24H22N2O2S. The normalized spacial score (nSPS) is 12.0. The van der Waals surface area contributed by atoms with Gasteiger partial charge < -0.3 is 10.1 Å². The van der Waals surface area contributed by atoms with E-state index in [4.69, 9.17) is 9.72 Å². The maximum atomic E-state index is 12.5. The Morgan fingerprint density at radius 2 is 1.79 bits per heavy atom. The SMILES string of the molecule is Cc1ccc2nc(-c3ccc(NC(=O)C(C)Oc4ccccc4C)cc3)sc2c1. The zero-order valence-corrected chi connectivity index (χ0v) is 17.4. The van der Waals surface area contributed by atoms with E-state index in [-0.39, 0.29) is 5.91 Å². The second-order valence-corrected chi connectivity index (χ2v) is 8.11.